The van der Waals surface area contributed by atoms with Gasteiger partial charge >= 0.3 is 0 Å². The van der Waals surface area contributed by atoms with E-state index in [1.807, 2.05) is 61.7 Å². The van der Waals surface area contributed by atoms with Crippen molar-refractivity contribution >= 4 is 72.8 Å². The second-order valence-electron chi connectivity index (χ2n) is 11.4. The first-order valence-corrected chi connectivity index (χ1v) is 16.3. The van der Waals surface area contributed by atoms with Gasteiger partial charge in [-0.05, 0) is 54.6 Å². The quantitative estimate of drug-likeness (QED) is 0.202. The van der Waals surface area contributed by atoms with Crippen LogP contribution in [0.1, 0.15) is 22.6 Å². The minimum Gasteiger partial charge on any atom is -0.324 e. The first kappa shape index (κ1) is 28.0. The molecule has 3 saturated heterocycles. The molecule has 11 heteroatoms. The molecule has 0 unspecified atom stereocenters. The zero-order valence-electron chi connectivity index (χ0n) is 22.6. The number of nitro benzene ring substituents is 1. The molecule has 0 saturated carbocycles. The second-order valence-corrected chi connectivity index (χ2v) is 14.2. The third-order valence-electron chi connectivity index (χ3n) is 9.19. The number of thioether (sulfide) groups is 1. The third kappa shape index (κ3) is 3.86. The van der Waals surface area contributed by atoms with Crippen molar-refractivity contribution < 1.29 is 14.5 Å². The van der Waals surface area contributed by atoms with Crippen LogP contribution in [0.2, 0.25) is 0 Å². The van der Waals surface area contributed by atoms with Crippen molar-refractivity contribution in [3.63, 3.8) is 0 Å². The molecule has 7 rings (SSSR count). The Morgan fingerprint density at radius 2 is 1.74 bits per heavy atom. The maximum atomic E-state index is 15.3. The van der Waals surface area contributed by atoms with Crippen molar-refractivity contribution in [2.75, 3.05) is 37.1 Å². The van der Waals surface area contributed by atoms with Gasteiger partial charge in [0, 0.05) is 74.6 Å². The summed E-state index contributed by atoms with van der Waals surface area (Å²) >= 11 is 8.77. The normalized spacial score (nSPS) is 29.8. The van der Waals surface area contributed by atoms with Crippen LogP contribution in [-0.4, -0.2) is 64.2 Å². The number of nitrogens with zero attached hydrogens (tertiary/aromatic N) is 3. The number of halogens is 2. The van der Waals surface area contributed by atoms with E-state index in [1.54, 1.807) is 17.8 Å². The van der Waals surface area contributed by atoms with Gasteiger partial charge in [-0.3, -0.25) is 24.6 Å². The molecule has 0 radical (unpaired) electrons. The van der Waals surface area contributed by atoms with E-state index in [1.165, 1.54) is 12.1 Å². The number of anilines is 1. The van der Waals surface area contributed by atoms with Crippen LogP contribution >= 0.6 is 43.6 Å². The molecule has 42 heavy (non-hydrogen) atoms. The second kappa shape index (κ2) is 10.1. The van der Waals surface area contributed by atoms with Gasteiger partial charge in [-0.2, -0.15) is 0 Å². The maximum absolute atomic E-state index is 15.3. The van der Waals surface area contributed by atoms with Gasteiger partial charge in [0.05, 0.1) is 10.3 Å². The predicted octanol–water partition coefficient (Wildman–Crippen LogP) is 6.02. The predicted molar refractivity (Wildman–Crippen MR) is 170 cm³/mol. The summed E-state index contributed by atoms with van der Waals surface area (Å²) in [7, 11) is 1.98. The fraction of sp³-hybridized carbons (Fsp3) is 0.290. The van der Waals surface area contributed by atoms with Crippen molar-refractivity contribution in [3.05, 3.63) is 108 Å². The molecule has 4 aliphatic heterocycles. The lowest BCUT2D eigenvalue weighted by Gasteiger charge is -2.51. The highest BCUT2D eigenvalue weighted by molar-refractivity contribution is 9.10. The van der Waals surface area contributed by atoms with Gasteiger partial charge in [0.25, 0.3) is 11.6 Å². The van der Waals surface area contributed by atoms with E-state index in [0.29, 0.717) is 35.8 Å². The smallest absolute Gasteiger partial charge is 0.269 e. The van der Waals surface area contributed by atoms with Crippen LogP contribution in [0.25, 0.3) is 6.08 Å². The van der Waals surface area contributed by atoms with Gasteiger partial charge in [-0.1, -0.05) is 56.1 Å². The lowest BCUT2D eigenvalue weighted by molar-refractivity contribution is -0.385. The Balaban J connectivity index is 1.54. The molecular weight excluding hydrogens is 684 g/mol. The molecule has 4 heterocycles. The van der Waals surface area contributed by atoms with Crippen molar-refractivity contribution in [2.45, 2.75) is 17.5 Å². The molecule has 0 aliphatic carbocycles. The molecular formula is C31H26Br2N4O4S. The van der Waals surface area contributed by atoms with E-state index in [0.717, 1.165) is 25.8 Å². The number of ketones is 1. The molecule has 2 spiro atoms. The van der Waals surface area contributed by atoms with Gasteiger partial charge < -0.3 is 10.2 Å². The minimum atomic E-state index is -1.43. The van der Waals surface area contributed by atoms with E-state index in [4.69, 9.17) is 0 Å². The number of carbonyl (C=O) groups excluding carboxylic acids is 2. The minimum absolute atomic E-state index is 0.0784. The van der Waals surface area contributed by atoms with Gasteiger partial charge in [-0.15, -0.1) is 11.8 Å². The molecule has 0 bridgehead atoms. The number of likely N-dealkylation sites (tertiary alicyclic amines) is 1. The Morgan fingerprint density at radius 3 is 2.43 bits per heavy atom. The Labute approximate surface area is 263 Å². The number of likely N-dealkylation sites (N-methyl/N-ethyl adjacent to an activating group) is 1. The van der Waals surface area contributed by atoms with Crippen LogP contribution in [0.4, 0.5) is 11.4 Å². The summed E-state index contributed by atoms with van der Waals surface area (Å²) in [6.45, 7) is 0.764. The lowest BCUT2D eigenvalue weighted by atomic mass is 9.55. The highest BCUT2D eigenvalue weighted by Crippen LogP contribution is 2.68. The summed E-state index contributed by atoms with van der Waals surface area (Å²) in [6, 6.07) is 20.2. The molecule has 4 atom stereocenters. The molecule has 3 aromatic rings. The van der Waals surface area contributed by atoms with Crippen LogP contribution < -0.4 is 5.32 Å². The number of Topliss-reactive ketones (excluding diaryl/α,β-unsaturated/α-hetero) is 1. The zero-order chi connectivity index (χ0) is 29.4. The number of non-ortho nitro benzene ring substituents is 1. The van der Waals surface area contributed by atoms with Gasteiger partial charge in [0.2, 0.25) is 0 Å². The third-order valence-corrected chi connectivity index (χ3v) is 11.3. The Bertz CT molecular complexity index is 1680. The SMILES string of the molecule is CN1C/C(=C\c2ccc(Br)cc2)C(=O)[C@]2(C1)[C@H](c1ccc(Br)cc1)[C@@H]1CSCN1[C@@]21C(=O)Nc2ccc([N+](=O)[O-])cc21. The Hall–Kier alpha value is -2.83. The molecule has 4 aliphatic rings. The molecule has 8 nitrogen and oxygen atoms in total. The summed E-state index contributed by atoms with van der Waals surface area (Å²) in [5, 5.41) is 15.0. The average molecular weight is 710 g/mol. The van der Waals surface area contributed by atoms with Gasteiger partial charge in [0.15, 0.2) is 5.78 Å². The number of amides is 1. The standard InChI is InChI=1S/C31H26Br2N4O4S/c1-35-14-20(12-18-2-6-21(32)7-3-18)28(38)30(16-35)27(19-4-8-22(33)9-5-19)26-15-42-17-36(26)31(30)24-13-23(37(40)41)10-11-25(24)34-29(31)39/h2-13,26-27H,14-17H2,1H3,(H,34,39)/b20-12+/t26-,27+,30-,31-/m0/s1. The lowest BCUT2D eigenvalue weighted by Crippen LogP contribution is -2.65. The summed E-state index contributed by atoms with van der Waals surface area (Å²) in [4.78, 5) is 45.8. The molecule has 3 aromatic carbocycles. The summed E-state index contributed by atoms with van der Waals surface area (Å²) in [5.41, 5.74) is 0.756. The number of nitrogens with one attached hydrogen (secondary N) is 1. The van der Waals surface area contributed by atoms with Crippen molar-refractivity contribution in [1.29, 1.82) is 0 Å². The van der Waals surface area contributed by atoms with E-state index >= 15 is 4.79 Å². The Kier molecular flexibility index (Phi) is 6.74. The number of rotatable bonds is 3. The van der Waals surface area contributed by atoms with Crippen molar-refractivity contribution in [3.8, 4) is 0 Å². The van der Waals surface area contributed by atoms with Gasteiger partial charge in [0.1, 0.15) is 5.54 Å². The van der Waals surface area contributed by atoms with Crippen LogP contribution in [0.15, 0.2) is 81.2 Å². The molecule has 0 aromatic heterocycles. The number of hydrogen-bond donors (Lipinski definition) is 1. The topological polar surface area (TPSA) is 95.8 Å². The molecule has 1 amide bonds. The van der Waals surface area contributed by atoms with E-state index in [9.17, 15) is 14.9 Å². The number of hydrogen-bond acceptors (Lipinski definition) is 7. The molecule has 3 fully saturated rings. The average Bonchev–Trinajstić information content (AvgIpc) is 3.61. The fourth-order valence-corrected chi connectivity index (χ4v) is 9.61. The summed E-state index contributed by atoms with van der Waals surface area (Å²) in [6.07, 6.45) is 1.93. The number of piperidine rings is 1. The first-order chi connectivity index (χ1) is 20.2. The van der Waals surface area contributed by atoms with Crippen LogP contribution in [-0.2, 0) is 15.1 Å². The van der Waals surface area contributed by atoms with E-state index < -0.39 is 15.9 Å². The van der Waals surface area contributed by atoms with Crippen LogP contribution in [0.3, 0.4) is 0 Å². The summed E-state index contributed by atoms with van der Waals surface area (Å²) < 4.78 is 1.87. The van der Waals surface area contributed by atoms with Crippen molar-refractivity contribution in [2.24, 2.45) is 5.41 Å². The largest absolute Gasteiger partial charge is 0.324 e. The first-order valence-electron chi connectivity index (χ1n) is 13.6. The fourth-order valence-electron chi connectivity index (χ4n) is 7.78. The highest BCUT2D eigenvalue weighted by Gasteiger charge is 2.78. The zero-order valence-corrected chi connectivity index (χ0v) is 26.5. The molecule has 1 N–H and O–H groups in total. The van der Waals surface area contributed by atoms with E-state index in [-0.39, 0.29) is 29.3 Å². The monoisotopic (exact) mass is 708 g/mol. The van der Waals surface area contributed by atoms with Crippen LogP contribution in [0.5, 0.6) is 0 Å². The number of nitro groups is 1. The number of carbonyl (C=O) groups is 2. The number of fused-ring (bicyclic) bond motifs is 5. The highest BCUT2D eigenvalue weighted by atomic mass is 79.9. The van der Waals surface area contributed by atoms with Crippen LogP contribution in [0, 0.1) is 15.5 Å². The number of benzene rings is 3. The maximum Gasteiger partial charge on any atom is 0.269 e. The van der Waals surface area contributed by atoms with Gasteiger partial charge in [-0.25, -0.2) is 0 Å². The molecule has 214 valence electrons. The summed E-state index contributed by atoms with van der Waals surface area (Å²) in [5.74, 6) is 0.574. The van der Waals surface area contributed by atoms with E-state index in [2.05, 4.69) is 47.0 Å². The van der Waals surface area contributed by atoms with Crippen molar-refractivity contribution in [1.82, 2.24) is 9.80 Å². The Morgan fingerprint density at radius 1 is 1.05 bits per heavy atom.